The van der Waals surface area contributed by atoms with Crippen LogP contribution in [0.3, 0.4) is 0 Å². The van der Waals surface area contributed by atoms with Crippen molar-refractivity contribution < 1.29 is 17.6 Å². The molecular formula is C16H15F4N5. The molecule has 1 aliphatic heterocycles. The van der Waals surface area contributed by atoms with Crippen LogP contribution in [0.15, 0.2) is 48.7 Å². The first-order valence-electron chi connectivity index (χ1n) is 7.51. The van der Waals surface area contributed by atoms with Crippen molar-refractivity contribution in [3.63, 3.8) is 0 Å². The third-order valence-corrected chi connectivity index (χ3v) is 3.87. The van der Waals surface area contributed by atoms with Gasteiger partial charge in [-0.05, 0) is 18.6 Å². The van der Waals surface area contributed by atoms with Crippen molar-refractivity contribution in [2.24, 2.45) is 0 Å². The topological polar surface area (TPSA) is 48.5 Å². The van der Waals surface area contributed by atoms with Gasteiger partial charge in [0.1, 0.15) is 0 Å². The molecule has 2 aromatic rings. The number of hydrogen-bond donors (Lipinski definition) is 0. The van der Waals surface area contributed by atoms with Gasteiger partial charge in [-0.3, -0.25) is 0 Å². The quantitative estimate of drug-likeness (QED) is 0.613. The van der Waals surface area contributed by atoms with Gasteiger partial charge in [0.15, 0.2) is 17.7 Å². The molecule has 0 fully saturated rings. The zero-order chi connectivity index (χ0) is 18.2. The molecule has 0 bridgehead atoms. The molecule has 2 aromatic heterocycles. The number of fused-ring (bicyclic) bond motifs is 1. The van der Waals surface area contributed by atoms with Crippen LogP contribution in [0.4, 0.5) is 17.6 Å². The molecule has 3 rings (SSSR count). The third kappa shape index (κ3) is 3.26. The smallest absolute Gasteiger partial charge is 0.239 e. The number of allylic oxidation sites excluding steroid dienone is 5. The van der Waals surface area contributed by atoms with Gasteiger partial charge in [-0.25, -0.2) is 13.8 Å². The fourth-order valence-corrected chi connectivity index (χ4v) is 2.63. The maximum Gasteiger partial charge on any atom is 0.435 e. The van der Waals surface area contributed by atoms with Crippen LogP contribution in [0.25, 0.3) is 5.95 Å². The molecule has 3 heterocycles. The Bertz CT molecular complexity index is 843. The molecule has 0 spiro atoms. The van der Waals surface area contributed by atoms with E-state index in [0.717, 1.165) is 22.5 Å². The predicted molar refractivity (Wildman–Crippen MR) is 82.7 cm³/mol. The predicted octanol–water partition coefficient (Wildman–Crippen LogP) is 4.13. The van der Waals surface area contributed by atoms with Crippen LogP contribution < -0.4 is 0 Å². The molecule has 0 amide bonds. The molecule has 5 nitrogen and oxygen atoms in total. The summed E-state index contributed by atoms with van der Waals surface area (Å²) in [6, 6.07) is 0.472. The lowest BCUT2D eigenvalue weighted by Gasteiger charge is -2.11. The lowest BCUT2D eigenvalue weighted by atomic mass is 10.1. The molecule has 0 saturated heterocycles. The van der Waals surface area contributed by atoms with Gasteiger partial charge in [0.05, 0.1) is 6.04 Å². The van der Waals surface area contributed by atoms with E-state index >= 15 is 0 Å². The molecule has 132 valence electrons. The summed E-state index contributed by atoms with van der Waals surface area (Å²) in [4.78, 5) is 4.02. The minimum absolute atomic E-state index is 0.0875. The molecule has 0 saturated carbocycles. The van der Waals surface area contributed by atoms with Gasteiger partial charge in [0, 0.05) is 12.6 Å². The van der Waals surface area contributed by atoms with E-state index in [4.69, 9.17) is 0 Å². The summed E-state index contributed by atoms with van der Waals surface area (Å²) in [6.07, 6.45) is 2.33. The number of hydrogen-bond acceptors (Lipinski definition) is 3. The SMILES string of the molecule is C=C/C=C\C=C(/C)[C@@H]1C[C@H](F)c2nc(-n3ccc(C(F)(F)F)n3)nn21. The lowest BCUT2D eigenvalue weighted by molar-refractivity contribution is -0.141. The Morgan fingerprint density at radius 2 is 2.08 bits per heavy atom. The van der Waals surface area contributed by atoms with Crippen molar-refractivity contribution in [1.82, 2.24) is 24.5 Å². The number of nitrogens with zero attached hydrogens (tertiary/aromatic N) is 5. The lowest BCUT2D eigenvalue weighted by Crippen LogP contribution is -2.10. The van der Waals surface area contributed by atoms with Crippen molar-refractivity contribution in [3.8, 4) is 5.95 Å². The van der Waals surface area contributed by atoms with E-state index in [9.17, 15) is 17.6 Å². The Labute approximate surface area is 141 Å². The van der Waals surface area contributed by atoms with Crippen LogP contribution >= 0.6 is 0 Å². The summed E-state index contributed by atoms with van der Waals surface area (Å²) in [7, 11) is 0. The number of alkyl halides is 4. The van der Waals surface area contributed by atoms with E-state index in [0.29, 0.717) is 0 Å². The van der Waals surface area contributed by atoms with Gasteiger partial charge in [-0.2, -0.15) is 23.3 Å². The van der Waals surface area contributed by atoms with Crippen molar-refractivity contribution in [1.29, 1.82) is 0 Å². The highest BCUT2D eigenvalue weighted by Crippen LogP contribution is 2.39. The van der Waals surface area contributed by atoms with E-state index in [2.05, 4.69) is 21.8 Å². The standard InChI is InChI=1S/C16H15F4N5/c1-3-4-5-6-10(2)12-9-11(17)14-21-15(23-25(12)14)24-8-7-13(22-24)16(18,19)20/h3-8,11-12H,1,9H2,2H3/b5-4-,10-6+/t11-,12-/m0/s1. The normalized spacial score (nSPS) is 21.1. The van der Waals surface area contributed by atoms with E-state index in [-0.39, 0.29) is 24.2 Å². The van der Waals surface area contributed by atoms with Gasteiger partial charge < -0.3 is 0 Å². The minimum atomic E-state index is -4.56. The minimum Gasteiger partial charge on any atom is -0.239 e. The van der Waals surface area contributed by atoms with Crippen molar-refractivity contribution in [2.75, 3.05) is 0 Å². The van der Waals surface area contributed by atoms with Crippen LogP contribution in [-0.4, -0.2) is 24.5 Å². The van der Waals surface area contributed by atoms with Crippen LogP contribution in [-0.2, 0) is 6.18 Å². The first kappa shape index (κ1) is 17.1. The molecule has 0 unspecified atom stereocenters. The van der Waals surface area contributed by atoms with Gasteiger partial charge >= 0.3 is 6.18 Å². The maximum atomic E-state index is 14.2. The number of halogens is 4. The fourth-order valence-electron chi connectivity index (χ4n) is 2.63. The second kappa shape index (κ2) is 6.30. The summed E-state index contributed by atoms with van der Waals surface area (Å²) in [5.74, 6) is -0.00297. The Hall–Kier alpha value is -2.71. The highest BCUT2D eigenvalue weighted by Gasteiger charge is 2.37. The van der Waals surface area contributed by atoms with Gasteiger partial charge in [0.25, 0.3) is 5.95 Å². The average Bonchev–Trinajstić information content (AvgIpc) is 3.22. The maximum absolute atomic E-state index is 14.2. The monoisotopic (exact) mass is 353 g/mol. The van der Waals surface area contributed by atoms with Gasteiger partial charge in [0.2, 0.25) is 0 Å². The van der Waals surface area contributed by atoms with E-state index in [1.165, 1.54) is 4.68 Å². The zero-order valence-corrected chi connectivity index (χ0v) is 13.3. The van der Waals surface area contributed by atoms with Crippen LogP contribution in [0, 0.1) is 0 Å². The highest BCUT2D eigenvalue weighted by atomic mass is 19.4. The second-order valence-corrected chi connectivity index (χ2v) is 5.61. The highest BCUT2D eigenvalue weighted by molar-refractivity contribution is 5.24. The summed E-state index contributed by atoms with van der Waals surface area (Å²) < 4.78 is 54.5. The van der Waals surface area contributed by atoms with Gasteiger partial charge in [-0.15, -0.1) is 5.10 Å². The Morgan fingerprint density at radius 3 is 2.72 bits per heavy atom. The summed E-state index contributed by atoms with van der Waals surface area (Å²) in [5, 5.41) is 7.57. The molecule has 0 radical (unpaired) electrons. The number of aromatic nitrogens is 5. The first-order valence-corrected chi connectivity index (χ1v) is 7.51. The van der Waals surface area contributed by atoms with Crippen LogP contribution in [0.5, 0.6) is 0 Å². The molecule has 0 aliphatic carbocycles. The molecular weight excluding hydrogens is 338 g/mol. The van der Waals surface area contributed by atoms with Crippen LogP contribution in [0.2, 0.25) is 0 Å². The molecule has 0 aromatic carbocycles. The Balaban J connectivity index is 1.93. The summed E-state index contributed by atoms with van der Waals surface area (Å²) in [5.41, 5.74) is -0.200. The van der Waals surface area contributed by atoms with Crippen molar-refractivity contribution in [2.45, 2.75) is 31.7 Å². The zero-order valence-electron chi connectivity index (χ0n) is 13.3. The van der Waals surface area contributed by atoms with Crippen molar-refractivity contribution >= 4 is 0 Å². The molecule has 0 N–H and O–H groups in total. The first-order chi connectivity index (χ1) is 11.8. The molecule has 1 aliphatic rings. The van der Waals surface area contributed by atoms with Gasteiger partial charge in [-0.1, -0.05) is 30.9 Å². The van der Waals surface area contributed by atoms with Crippen LogP contribution in [0.1, 0.15) is 37.1 Å². The second-order valence-electron chi connectivity index (χ2n) is 5.61. The third-order valence-electron chi connectivity index (χ3n) is 3.87. The Kier molecular flexibility index (Phi) is 4.32. The molecule has 25 heavy (non-hydrogen) atoms. The number of rotatable bonds is 4. The van der Waals surface area contributed by atoms with E-state index in [1.807, 2.05) is 13.0 Å². The molecule has 2 atom stereocenters. The summed E-state index contributed by atoms with van der Waals surface area (Å²) >= 11 is 0. The van der Waals surface area contributed by atoms with E-state index in [1.54, 1.807) is 18.2 Å². The average molecular weight is 353 g/mol. The Morgan fingerprint density at radius 1 is 1.32 bits per heavy atom. The largest absolute Gasteiger partial charge is 0.435 e. The fraction of sp³-hybridized carbons (Fsp3) is 0.312. The van der Waals surface area contributed by atoms with E-state index < -0.39 is 18.0 Å². The van der Waals surface area contributed by atoms with Crippen molar-refractivity contribution in [3.05, 3.63) is 60.2 Å². The molecule has 9 heteroatoms. The summed E-state index contributed by atoms with van der Waals surface area (Å²) in [6.45, 7) is 5.40.